The summed E-state index contributed by atoms with van der Waals surface area (Å²) < 4.78 is 0. The second kappa shape index (κ2) is 6.41. The average molecular weight is 198 g/mol. The molecule has 1 fully saturated rings. The van der Waals surface area contributed by atoms with Crippen molar-refractivity contribution in [2.45, 2.75) is 57.5 Å². The molecule has 1 aliphatic carbocycles. The maximum Gasteiger partial charge on any atom is 0.00933 e. The highest BCUT2D eigenvalue weighted by Crippen LogP contribution is 2.22. The third-order valence-corrected chi connectivity index (χ3v) is 3.59. The summed E-state index contributed by atoms with van der Waals surface area (Å²) in [4.78, 5) is 2.56. The summed E-state index contributed by atoms with van der Waals surface area (Å²) >= 11 is 0. The highest BCUT2D eigenvalue weighted by molar-refractivity contribution is 4.80. The molecule has 2 heteroatoms. The molecule has 0 aromatic rings. The summed E-state index contributed by atoms with van der Waals surface area (Å²) in [5.41, 5.74) is 0. The van der Waals surface area contributed by atoms with Crippen molar-refractivity contribution in [2.24, 2.45) is 0 Å². The van der Waals surface area contributed by atoms with Crippen LogP contribution in [0.2, 0.25) is 0 Å². The fourth-order valence-electron chi connectivity index (χ4n) is 2.40. The molecule has 0 aromatic carbocycles. The van der Waals surface area contributed by atoms with E-state index in [-0.39, 0.29) is 0 Å². The van der Waals surface area contributed by atoms with E-state index in [1.807, 2.05) is 0 Å². The van der Waals surface area contributed by atoms with Crippen molar-refractivity contribution in [3.05, 3.63) is 0 Å². The second-order valence-corrected chi connectivity index (χ2v) is 4.63. The predicted octanol–water partition coefficient (Wildman–Crippen LogP) is 2.25. The molecule has 0 spiro atoms. The van der Waals surface area contributed by atoms with Gasteiger partial charge in [-0.05, 0) is 52.7 Å². The van der Waals surface area contributed by atoms with E-state index in [1.54, 1.807) is 0 Å². The Bertz CT molecular complexity index is 139. The molecule has 1 aliphatic rings. The Morgan fingerprint density at radius 1 is 1.21 bits per heavy atom. The summed E-state index contributed by atoms with van der Waals surface area (Å²) in [6, 6.07) is 1.64. The van der Waals surface area contributed by atoms with E-state index in [2.05, 4.69) is 31.2 Å². The third-order valence-electron chi connectivity index (χ3n) is 3.59. The van der Waals surface area contributed by atoms with Gasteiger partial charge < -0.3 is 10.2 Å². The smallest absolute Gasteiger partial charge is 0.00933 e. The molecular weight excluding hydrogens is 172 g/mol. The Balaban J connectivity index is 2.19. The van der Waals surface area contributed by atoms with Gasteiger partial charge in [0, 0.05) is 12.1 Å². The lowest BCUT2D eigenvalue weighted by Crippen LogP contribution is -2.40. The van der Waals surface area contributed by atoms with Gasteiger partial charge in [0.25, 0.3) is 0 Å². The lowest BCUT2D eigenvalue weighted by Gasteiger charge is -2.34. The lowest BCUT2D eigenvalue weighted by atomic mass is 9.90. The highest BCUT2D eigenvalue weighted by Gasteiger charge is 2.22. The third kappa shape index (κ3) is 3.58. The standard InChI is InChI=1S/C12H26N2/c1-4-5-10-14(3)12-8-6-11(13-2)7-9-12/h11-13H,4-10H2,1-3H3. The topological polar surface area (TPSA) is 15.3 Å². The Morgan fingerprint density at radius 2 is 1.86 bits per heavy atom. The fraction of sp³-hybridized carbons (Fsp3) is 1.00. The van der Waals surface area contributed by atoms with Crippen molar-refractivity contribution in [3.8, 4) is 0 Å². The Labute approximate surface area is 89.1 Å². The van der Waals surface area contributed by atoms with E-state index in [0.717, 1.165) is 12.1 Å². The van der Waals surface area contributed by atoms with Gasteiger partial charge in [0.05, 0.1) is 0 Å². The van der Waals surface area contributed by atoms with Gasteiger partial charge >= 0.3 is 0 Å². The molecule has 0 aromatic heterocycles. The first kappa shape index (κ1) is 12.0. The zero-order valence-electron chi connectivity index (χ0n) is 10.1. The quantitative estimate of drug-likeness (QED) is 0.729. The largest absolute Gasteiger partial charge is 0.317 e. The van der Waals surface area contributed by atoms with Crippen LogP contribution in [0, 0.1) is 0 Å². The van der Waals surface area contributed by atoms with Crippen LogP contribution in [0.3, 0.4) is 0 Å². The normalized spacial score (nSPS) is 28.3. The van der Waals surface area contributed by atoms with Gasteiger partial charge in [0.15, 0.2) is 0 Å². The molecule has 0 amide bonds. The number of rotatable bonds is 5. The molecule has 0 radical (unpaired) electrons. The monoisotopic (exact) mass is 198 g/mol. The van der Waals surface area contributed by atoms with E-state index in [1.165, 1.54) is 45.1 Å². The molecule has 1 N–H and O–H groups in total. The van der Waals surface area contributed by atoms with E-state index in [4.69, 9.17) is 0 Å². The van der Waals surface area contributed by atoms with Crippen molar-refractivity contribution in [1.82, 2.24) is 10.2 Å². The van der Waals surface area contributed by atoms with Crippen LogP contribution in [-0.4, -0.2) is 37.6 Å². The van der Waals surface area contributed by atoms with Crippen molar-refractivity contribution in [3.63, 3.8) is 0 Å². The predicted molar refractivity (Wildman–Crippen MR) is 62.6 cm³/mol. The molecule has 0 atom stereocenters. The molecule has 0 bridgehead atoms. The average Bonchev–Trinajstić information content (AvgIpc) is 2.26. The van der Waals surface area contributed by atoms with Crippen LogP contribution in [0.5, 0.6) is 0 Å². The molecule has 0 aliphatic heterocycles. The first-order valence-electron chi connectivity index (χ1n) is 6.15. The van der Waals surface area contributed by atoms with Crippen LogP contribution in [0.1, 0.15) is 45.4 Å². The van der Waals surface area contributed by atoms with E-state index >= 15 is 0 Å². The summed E-state index contributed by atoms with van der Waals surface area (Å²) in [5, 5.41) is 3.39. The first-order valence-corrected chi connectivity index (χ1v) is 6.15. The Hall–Kier alpha value is -0.0800. The van der Waals surface area contributed by atoms with Crippen molar-refractivity contribution in [1.29, 1.82) is 0 Å². The molecule has 1 saturated carbocycles. The van der Waals surface area contributed by atoms with Gasteiger partial charge in [-0.25, -0.2) is 0 Å². The Kier molecular flexibility index (Phi) is 5.49. The molecular formula is C12H26N2. The highest BCUT2D eigenvalue weighted by atomic mass is 15.1. The Morgan fingerprint density at radius 3 is 2.36 bits per heavy atom. The molecule has 0 unspecified atom stereocenters. The molecule has 84 valence electrons. The molecule has 0 heterocycles. The van der Waals surface area contributed by atoms with E-state index < -0.39 is 0 Å². The number of nitrogens with one attached hydrogen (secondary N) is 1. The second-order valence-electron chi connectivity index (χ2n) is 4.63. The molecule has 2 nitrogen and oxygen atoms in total. The minimum Gasteiger partial charge on any atom is -0.317 e. The minimum absolute atomic E-state index is 0.783. The van der Waals surface area contributed by atoms with Gasteiger partial charge in [-0.1, -0.05) is 13.3 Å². The summed E-state index contributed by atoms with van der Waals surface area (Å²) in [5.74, 6) is 0. The van der Waals surface area contributed by atoms with Crippen LogP contribution in [0.25, 0.3) is 0 Å². The summed E-state index contributed by atoms with van der Waals surface area (Å²) in [7, 11) is 4.38. The van der Waals surface area contributed by atoms with Crippen molar-refractivity contribution < 1.29 is 0 Å². The van der Waals surface area contributed by atoms with Crippen LogP contribution in [-0.2, 0) is 0 Å². The van der Waals surface area contributed by atoms with Gasteiger partial charge in [-0.2, -0.15) is 0 Å². The lowest BCUT2D eigenvalue weighted by molar-refractivity contribution is 0.174. The van der Waals surface area contributed by atoms with Crippen molar-refractivity contribution >= 4 is 0 Å². The fourth-order valence-corrected chi connectivity index (χ4v) is 2.40. The minimum atomic E-state index is 0.783. The molecule has 14 heavy (non-hydrogen) atoms. The maximum absolute atomic E-state index is 3.39. The number of hydrogen-bond donors (Lipinski definition) is 1. The maximum atomic E-state index is 3.39. The van der Waals surface area contributed by atoms with Gasteiger partial charge in [0.2, 0.25) is 0 Å². The number of nitrogens with zero attached hydrogens (tertiary/aromatic N) is 1. The van der Waals surface area contributed by atoms with E-state index in [0.29, 0.717) is 0 Å². The number of hydrogen-bond acceptors (Lipinski definition) is 2. The molecule has 1 rings (SSSR count). The number of unbranched alkanes of at least 4 members (excludes halogenated alkanes) is 1. The first-order chi connectivity index (χ1) is 6.77. The zero-order chi connectivity index (χ0) is 10.4. The SMILES string of the molecule is CCCCN(C)C1CCC(NC)CC1. The van der Waals surface area contributed by atoms with Crippen LogP contribution >= 0.6 is 0 Å². The van der Waals surface area contributed by atoms with Crippen LogP contribution in [0.4, 0.5) is 0 Å². The summed E-state index contributed by atoms with van der Waals surface area (Å²) in [6.45, 7) is 3.55. The van der Waals surface area contributed by atoms with Crippen molar-refractivity contribution in [2.75, 3.05) is 20.6 Å². The van der Waals surface area contributed by atoms with E-state index in [9.17, 15) is 0 Å². The van der Waals surface area contributed by atoms with Gasteiger partial charge in [-0.15, -0.1) is 0 Å². The van der Waals surface area contributed by atoms with Crippen LogP contribution < -0.4 is 5.32 Å². The molecule has 0 saturated heterocycles. The zero-order valence-corrected chi connectivity index (χ0v) is 10.1. The van der Waals surface area contributed by atoms with Crippen LogP contribution in [0.15, 0.2) is 0 Å². The van der Waals surface area contributed by atoms with Gasteiger partial charge in [0.1, 0.15) is 0 Å². The summed E-state index contributed by atoms with van der Waals surface area (Å²) in [6.07, 6.45) is 8.14. The van der Waals surface area contributed by atoms with Gasteiger partial charge in [-0.3, -0.25) is 0 Å².